The van der Waals surface area contributed by atoms with Crippen LogP contribution in [0.25, 0.3) is 0 Å². The normalized spacial score (nSPS) is 21.0. The molecule has 10 nitrogen and oxygen atoms in total. The maximum Gasteiger partial charge on any atom is 0.407 e. The molecule has 2 fully saturated rings. The number of ether oxygens (including phenoxy) is 2. The third-order valence-corrected chi connectivity index (χ3v) is 7.58. The number of hydrogen-bond acceptors (Lipinski definition) is 7. The molecule has 2 atom stereocenters. The van der Waals surface area contributed by atoms with Crippen LogP contribution in [0, 0.1) is 0 Å². The molecule has 0 spiro atoms. The molecule has 2 aliphatic rings. The molecule has 0 aliphatic heterocycles. The van der Waals surface area contributed by atoms with Crippen LogP contribution < -0.4 is 15.4 Å². The van der Waals surface area contributed by atoms with E-state index >= 15 is 0 Å². The zero-order chi connectivity index (χ0) is 24.5. The number of amides is 2. The summed E-state index contributed by atoms with van der Waals surface area (Å²) in [6, 6.07) is 6.29. The summed E-state index contributed by atoms with van der Waals surface area (Å²) in [5, 5.41) is 12.7. The summed E-state index contributed by atoms with van der Waals surface area (Å²) < 4.78 is 34.9. The molecule has 0 radical (unpaired) electrons. The van der Waals surface area contributed by atoms with Crippen LogP contribution in [-0.2, 0) is 25.8 Å². The van der Waals surface area contributed by atoms with Gasteiger partial charge in [-0.3, -0.25) is 9.89 Å². The highest BCUT2D eigenvalue weighted by atomic mass is 32.2. The minimum atomic E-state index is -3.50. The average Bonchev–Trinajstić information content (AvgIpc) is 3.13. The van der Waals surface area contributed by atoms with Crippen LogP contribution in [0.15, 0.2) is 29.2 Å². The highest BCUT2D eigenvalue weighted by Crippen LogP contribution is 2.37. The Morgan fingerprint density at radius 2 is 2.00 bits per heavy atom. The van der Waals surface area contributed by atoms with Crippen molar-refractivity contribution in [2.24, 2.45) is 0 Å². The van der Waals surface area contributed by atoms with Crippen LogP contribution in [-0.4, -0.2) is 55.6 Å². The molecule has 4 rings (SSSR count). The van der Waals surface area contributed by atoms with Gasteiger partial charge in [-0.05, 0) is 62.8 Å². The number of carbonyl (C=O) groups excluding carboxylic acids is 2. The first-order chi connectivity index (χ1) is 16.0. The Bertz CT molecular complexity index is 1190. The molecule has 34 heavy (non-hydrogen) atoms. The fourth-order valence-electron chi connectivity index (χ4n) is 4.22. The lowest BCUT2D eigenvalue weighted by Gasteiger charge is -2.16. The maximum atomic E-state index is 12.6. The molecular weight excluding hydrogens is 460 g/mol. The predicted molar refractivity (Wildman–Crippen MR) is 125 cm³/mol. The Kier molecular flexibility index (Phi) is 6.57. The molecule has 2 aliphatic carbocycles. The number of methoxy groups -OCH3 is 1. The summed E-state index contributed by atoms with van der Waals surface area (Å²) in [7, 11) is -2.03. The summed E-state index contributed by atoms with van der Waals surface area (Å²) in [5.41, 5.74) is 1.09. The van der Waals surface area contributed by atoms with Gasteiger partial charge in [0, 0.05) is 29.5 Å². The van der Waals surface area contributed by atoms with Crippen molar-refractivity contribution in [3.63, 3.8) is 0 Å². The molecule has 2 amide bonds. The number of nitrogens with zero attached hydrogens (tertiary/aromatic N) is 1. The van der Waals surface area contributed by atoms with E-state index in [0.29, 0.717) is 23.6 Å². The van der Waals surface area contributed by atoms with E-state index in [1.54, 1.807) is 18.2 Å². The molecule has 1 unspecified atom stereocenters. The maximum absolute atomic E-state index is 12.6. The number of aromatic nitrogens is 2. The Morgan fingerprint density at radius 3 is 2.68 bits per heavy atom. The minimum absolute atomic E-state index is 0.0860. The molecule has 1 aromatic heterocycles. The zero-order valence-electron chi connectivity index (χ0n) is 19.5. The standard InChI is InChI=1S/C23H30N4O6S/c1-23(8-9-23)25-22(29)33-17-5-4-14(10-17)18-13-20(27-26-18)24-21(28)12-15-11-16(32-2)6-7-19(15)34(3,30)31/h6-7,11,13-14,17H,4-5,8-10,12H2,1-3H3,(H,25,29)(H2,24,26,27,28)/t14-,17?/m0/s1. The number of anilines is 1. The first-order valence-corrected chi connectivity index (χ1v) is 13.1. The molecule has 2 saturated carbocycles. The van der Waals surface area contributed by atoms with Crippen molar-refractivity contribution in [1.29, 1.82) is 0 Å². The molecule has 0 saturated heterocycles. The van der Waals surface area contributed by atoms with E-state index in [1.807, 2.05) is 6.92 Å². The second kappa shape index (κ2) is 9.28. The topological polar surface area (TPSA) is 139 Å². The average molecular weight is 491 g/mol. The van der Waals surface area contributed by atoms with E-state index in [-0.39, 0.29) is 35.0 Å². The van der Waals surface area contributed by atoms with Crippen molar-refractivity contribution >= 4 is 27.7 Å². The molecule has 3 N–H and O–H groups in total. The highest BCUT2D eigenvalue weighted by molar-refractivity contribution is 7.90. The van der Waals surface area contributed by atoms with Crippen LogP contribution in [0.2, 0.25) is 0 Å². The largest absolute Gasteiger partial charge is 0.497 e. The minimum Gasteiger partial charge on any atom is -0.497 e. The van der Waals surface area contributed by atoms with Gasteiger partial charge in [0.15, 0.2) is 15.7 Å². The van der Waals surface area contributed by atoms with Gasteiger partial charge in [0.2, 0.25) is 5.91 Å². The second-order valence-electron chi connectivity index (χ2n) is 9.40. The second-order valence-corrected chi connectivity index (χ2v) is 11.4. The fraction of sp³-hybridized carbons (Fsp3) is 0.522. The zero-order valence-corrected chi connectivity index (χ0v) is 20.3. The Balaban J connectivity index is 1.34. The number of sulfone groups is 1. The van der Waals surface area contributed by atoms with Crippen molar-refractivity contribution in [2.75, 3.05) is 18.7 Å². The first-order valence-electron chi connectivity index (χ1n) is 11.3. The smallest absolute Gasteiger partial charge is 0.407 e. The van der Waals surface area contributed by atoms with Gasteiger partial charge in [-0.2, -0.15) is 5.10 Å². The van der Waals surface area contributed by atoms with Crippen molar-refractivity contribution in [2.45, 2.75) is 67.9 Å². The lowest BCUT2D eigenvalue weighted by Crippen LogP contribution is -2.36. The number of benzene rings is 1. The summed E-state index contributed by atoms with van der Waals surface area (Å²) >= 11 is 0. The number of alkyl carbamates (subject to hydrolysis) is 1. The Morgan fingerprint density at radius 1 is 1.24 bits per heavy atom. The molecule has 1 aromatic carbocycles. The summed E-state index contributed by atoms with van der Waals surface area (Å²) in [5.74, 6) is 0.569. The number of hydrogen-bond donors (Lipinski definition) is 3. The molecule has 11 heteroatoms. The van der Waals surface area contributed by atoms with Crippen LogP contribution in [0.1, 0.15) is 56.2 Å². The van der Waals surface area contributed by atoms with E-state index in [0.717, 1.165) is 37.6 Å². The summed E-state index contributed by atoms with van der Waals surface area (Å²) in [6.45, 7) is 2.00. The van der Waals surface area contributed by atoms with E-state index in [4.69, 9.17) is 9.47 Å². The molecule has 1 heterocycles. The van der Waals surface area contributed by atoms with Gasteiger partial charge >= 0.3 is 6.09 Å². The summed E-state index contributed by atoms with van der Waals surface area (Å²) in [4.78, 5) is 24.8. The Hall–Kier alpha value is -3.08. The van der Waals surface area contributed by atoms with Gasteiger partial charge in [-0.1, -0.05) is 0 Å². The van der Waals surface area contributed by atoms with E-state index < -0.39 is 15.7 Å². The third-order valence-electron chi connectivity index (χ3n) is 6.39. The van der Waals surface area contributed by atoms with Gasteiger partial charge in [0.25, 0.3) is 0 Å². The van der Waals surface area contributed by atoms with Crippen molar-refractivity contribution < 1.29 is 27.5 Å². The number of carbonyl (C=O) groups is 2. The van der Waals surface area contributed by atoms with Crippen LogP contribution in [0.3, 0.4) is 0 Å². The van der Waals surface area contributed by atoms with Crippen molar-refractivity contribution in [3.05, 3.63) is 35.5 Å². The first kappa shape index (κ1) is 24.1. The fourth-order valence-corrected chi connectivity index (χ4v) is 5.14. The monoisotopic (exact) mass is 490 g/mol. The van der Waals surface area contributed by atoms with E-state index in [1.165, 1.54) is 13.2 Å². The molecular formula is C23H30N4O6S. The lowest BCUT2D eigenvalue weighted by atomic mass is 10.0. The van der Waals surface area contributed by atoms with E-state index in [9.17, 15) is 18.0 Å². The van der Waals surface area contributed by atoms with Crippen molar-refractivity contribution in [3.8, 4) is 5.75 Å². The number of H-pyrrole nitrogens is 1. The predicted octanol–water partition coefficient (Wildman–Crippen LogP) is 2.92. The van der Waals surface area contributed by atoms with E-state index in [2.05, 4.69) is 20.8 Å². The lowest BCUT2D eigenvalue weighted by molar-refractivity contribution is -0.115. The van der Waals surface area contributed by atoms with Gasteiger partial charge in [-0.25, -0.2) is 13.2 Å². The van der Waals surface area contributed by atoms with Gasteiger partial charge in [0.1, 0.15) is 11.9 Å². The number of aromatic amines is 1. The van der Waals surface area contributed by atoms with Crippen LogP contribution in [0.5, 0.6) is 5.75 Å². The van der Waals surface area contributed by atoms with Crippen molar-refractivity contribution in [1.82, 2.24) is 15.5 Å². The quantitative estimate of drug-likeness (QED) is 0.517. The van der Waals surface area contributed by atoms with Gasteiger partial charge in [0.05, 0.1) is 18.4 Å². The Labute approximate surface area is 198 Å². The van der Waals surface area contributed by atoms with Crippen LogP contribution in [0.4, 0.5) is 10.6 Å². The molecule has 2 aromatic rings. The van der Waals surface area contributed by atoms with Gasteiger partial charge < -0.3 is 20.1 Å². The highest BCUT2D eigenvalue weighted by Gasteiger charge is 2.40. The SMILES string of the molecule is COc1ccc(S(C)(=O)=O)c(CC(=O)Nc2cc([C@H]3CCC(OC(=O)NC4(C)CC4)C3)[nH]n2)c1. The molecule has 184 valence electrons. The number of nitrogens with one attached hydrogen (secondary N) is 3. The molecule has 0 bridgehead atoms. The van der Waals surface area contributed by atoms with Crippen LogP contribution >= 0.6 is 0 Å². The number of rotatable bonds is 8. The third kappa shape index (κ3) is 5.88. The van der Waals surface area contributed by atoms with Gasteiger partial charge in [-0.15, -0.1) is 0 Å². The summed E-state index contributed by atoms with van der Waals surface area (Å²) in [6.07, 6.45) is 4.68.